The molecule has 0 aliphatic carbocycles. The van der Waals surface area contributed by atoms with Gasteiger partial charge in [-0.25, -0.2) is 0 Å². The lowest BCUT2D eigenvalue weighted by atomic mass is 9.76. The van der Waals surface area contributed by atoms with Crippen LogP contribution in [0.2, 0.25) is 0 Å². The zero-order valence-corrected chi connectivity index (χ0v) is 13.2. The molecule has 0 aromatic heterocycles. The fourth-order valence-corrected chi connectivity index (χ4v) is 4.09. The number of likely N-dealkylation sites (N-methyl/N-ethyl adjacent to an activating group) is 1. The summed E-state index contributed by atoms with van der Waals surface area (Å²) in [5, 5.41) is 3.58. The van der Waals surface area contributed by atoms with Crippen molar-refractivity contribution in [2.45, 2.75) is 43.7 Å². The quantitative estimate of drug-likeness (QED) is 0.924. The third-order valence-corrected chi connectivity index (χ3v) is 5.30. The van der Waals surface area contributed by atoms with Crippen LogP contribution in [-0.4, -0.2) is 38.5 Å². The summed E-state index contributed by atoms with van der Waals surface area (Å²) in [5.74, 6) is 1.17. The summed E-state index contributed by atoms with van der Waals surface area (Å²) < 4.78 is 11.7. The minimum absolute atomic E-state index is 0.00553. The summed E-state index contributed by atoms with van der Waals surface area (Å²) in [4.78, 5) is 0. The van der Waals surface area contributed by atoms with Gasteiger partial charge in [-0.05, 0) is 37.3 Å². The molecular weight excluding hydrogens is 262 g/mol. The molecular formula is C18H27NO2. The Morgan fingerprint density at radius 2 is 2.05 bits per heavy atom. The van der Waals surface area contributed by atoms with Gasteiger partial charge in [-0.2, -0.15) is 0 Å². The summed E-state index contributed by atoms with van der Waals surface area (Å²) in [6.45, 7) is 4.84. The van der Waals surface area contributed by atoms with E-state index in [0.717, 1.165) is 39.1 Å². The first-order valence-corrected chi connectivity index (χ1v) is 8.18. The van der Waals surface area contributed by atoms with Crippen LogP contribution < -0.4 is 5.32 Å². The third kappa shape index (κ3) is 3.15. The molecule has 3 nitrogen and oxygen atoms in total. The SMILES string of the molecule is CNC(C1CCOC2(CCOC2)C1)C(C)c1ccccc1. The standard InChI is InChI=1S/C18H27NO2/c1-14(15-6-4-3-5-7-15)17(19-2)16-8-10-21-18(12-16)9-11-20-13-18/h3-7,14,16-17,19H,8-13H2,1-2H3. The van der Waals surface area contributed by atoms with Crippen LogP contribution in [-0.2, 0) is 9.47 Å². The van der Waals surface area contributed by atoms with Gasteiger partial charge in [0.1, 0.15) is 0 Å². The van der Waals surface area contributed by atoms with Crippen molar-refractivity contribution in [2.24, 2.45) is 5.92 Å². The monoisotopic (exact) mass is 289 g/mol. The van der Waals surface area contributed by atoms with Crippen molar-refractivity contribution in [3.05, 3.63) is 35.9 Å². The first-order chi connectivity index (χ1) is 10.2. The van der Waals surface area contributed by atoms with E-state index in [0.29, 0.717) is 17.9 Å². The van der Waals surface area contributed by atoms with Gasteiger partial charge in [0.05, 0.1) is 12.2 Å². The molecule has 1 N–H and O–H groups in total. The Bertz CT molecular complexity index is 442. The minimum atomic E-state index is -0.00553. The summed E-state index contributed by atoms with van der Waals surface area (Å²) >= 11 is 0. The molecule has 116 valence electrons. The number of hydrogen-bond acceptors (Lipinski definition) is 3. The maximum absolute atomic E-state index is 6.08. The van der Waals surface area contributed by atoms with Gasteiger partial charge < -0.3 is 14.8 Å². The largest absolute Gasteiger partial charge is 0.378 e. The highest BCUT2D eigenvalue weighted by molar-refractivity contribution is 5.21. The van der Waals surface area contributed by atoms with Crippen molar-refractivity contribution in [3.63, 3.8) is 0 Å². The van der Waals surface area contributed by atoms with Crippen LogP contribution in [0, 0.1) is 5.92 Å². The van der Waals surface area contributed by atoms with Crippen molar-refractivity contribution in [1.82, 2.24) is 5.32 Å². The Morgan fingerprint density at radius 3 is 2.71 bits per heavy atom. The predicted octanol–water partition coefficient (Wildman–Crippen LogP) is 2.96. The van der Waals surface area contributed by atoms with Crippen molar-refractivity contribution in [1.29, 1.82) is 0 Å². The molecule has 21 heavy (non-hydrogen) atoms. The Kier molecular flexibility index (Phi) is 4.63. The fraction of sp³-hybridized carbons (Fsp3) is 0.667. The van der Waals surface area contributed by atoms with Gasteiger partial charge >= 0.3 is 0 Å². The van der Waals surface area contributed by atoms with Crippen LogP contribution >= 0.6 is 0 Å². The zero-order valence-electron chi connectivity index (χ0n) is 13.2. The fourth-order valence-electron chi connectivity index (χ4n) is 4.09. The van der Waals surface area contributed by atoms with Gasteiger partial charge in [-0.1, -0.05) is 37.3 Å². The molecule has 1 spiro atoms. The van der Waals surface area contributed by atoms with E-state index in [1.165, 1.54) is 5.56 Å². The molecule has 0 saturated carbocycles. The van der Waals surface area contributed by atoms with E-state index >= 15 is 0 Å². The second kappa shape index (κ2) is 6.47. The Morgan fingerprint density at radius 1 is 1.24 bits per heavy atom. The normalized spacial score (nSPS) is 32.2. The van der Waals surface area contributed by atoms with Crippen molar-refractivity contribution in [3.8, 4) is 0 Å². The highest BCUT2D eigenvalue weighted by Gasteiger charge is 2.43. The molecule has 0 amide bonds. The molecule has 2 saturated heterocycles. The minimum Gasteiger partial charge on any atom is -0.378 e. The molecule has 0 bridgehead atoms. The summed E-state index contributed by atoms with van der Waals surface area (Å²) in [7, 11) is 2.09. The van der Waals surface area contributed by atoms with Gasteiger partial charge in [0.2, 0.25) is 0 Å². The zero-order chi connectivity index (χ0) is 14.7. The first-order valence-electron chi connectivity index (χ1n) is 8.18. The number of hydrogen-bond donors (Lipinski definition) is 1. The molecule has 0 radical (unpaired) electrons. The Balaban J connectivity index is 1.73. The maximum Gasteiger partial charge on any atom is 0.0939 e. The van der Waals surface area contributed by atoms with Gasteiger partial charge in [-0.15, -0.1) is 0 Å². The summed E-state index contributed by atoms with van der Waals surface area (Å²) in [5.41, 5.74) is 1.41. The number of benzene rings is 1. The van der Waals surface area contributed by atoms with E-state index in [1.54, 1.807) is 0 Å². The molecule has 1 aromatic carbocycles. The summed E-state index contributed by atoms with van der Waals surface area (Å²) in [6.07, 6.45) is 3.32. The topological polar surface area (TPSA) is 30.5 Å². The van der Waals surface area contributed by atoms with E-state index in [2.05, 4.69) is 49.6 Å². The molecule has 3 rings (SSSR count). The van der Waals surface area contributed by atoms with Gasteiger partial charge in [0.15, 0.2) is 0 Å². The first kappa shape index (κ1) is 15.0. The van der Waals surface area contributed by atoms with Crippen LogP contribution in [0.15, 0.2) is 30.3 Å². The van der Waals surface area contributed by atoms with E-state index in [9.17, 15) is 0 Å². The van der Waals surface area contributed by atoms with Gasteiger partial charge in [0, 0.05) is 25.7 Å². The Hall–Kier alpha value is -0.900. The third-order valence-electron chi connectivity index (χ3n) is 5.30. The molecule has 4 atom stereocenters. The number of ether oxygens (including phenoxy) is 2. The van der Waals surface area contributed by atoms with Crippen molar-refractivity contribution >= 4 is 0 Å². The second-order valence-corrected chi connectivity index (χ2v) is 6.60. The van der Waals surface area contributed by atoms with E-state index < -0.39 is 0 Å². The molecule has 2 fully saturated rings. The molecule has 2 heterocycles. The number of rotatable bonds is 4. The highest BCUT2D eigenvalue weighted by Crippen LogP contribution is 2.39. The molecule has 2 aliphatic heterocycles. The lowest BCUT2D eigenvalue weighted by molar-refractivity contribution is -0.103. The lowest BCUT2D eigenvalue weighted by Gasteiger charge is -2.42. The molecule has 4 unspecified atom stereocenters. The molecule has 2 aliphatic rings. The van der Waals surface area contributed by atoms with Crippen LogP contribution in [0.4, 0.5) is 0 Å². The highest BCUT2D eigenvalue weighted by atomic mass is 16.6. The van der Waals surface area contributed by atoms with Crippen LogP contribution in [0.3, 0.4) is 0 Å². The average Bonchev–Trinajstić information content (AvgIpc) is 2.96. The van der Waals surface area contributed by atoms with Gasteiger partial charge in [0.25, 0.3) is 0 Å². The lowest BCUT2D eigenvalue weighted by Crippen LogP contribution is -2.48. The molecule has 3 heteroatoms. The van der Waals surface area contributed by atoms with E-state index in [-0.39, 0.29) is 5.60 Å². The predicted molar refractivity (Wildman–Crippen MR) is 84.5 cm³/mol. The van der Waals surface area contributed by atoms with E-state index in [4.69, 9.17) is 9.47 Å². The maximum atomic E-state index is 6.08. The number of nitrogens with one attached hydrogen (secondary N) is 1. The van der Waals surface area contributed by atoms with Crippen LogP contribution in [0.25, 0.3) is 0 Å². The second-order valence-electron chi connectivity index (χ2n) is 6.60. The van der Waals surface area contributed by atoms with E-state index in [1.807, 2.05) is 0 Å². The summed E-state index contributed by atoms with van der Waals surface area (Å²) in [6, 6.07) is 11.3. The van der Waals surface area contributed by atoms with Crippen LogP contribution in [0.5, 0.6) is 0 Å². The Labute approximate surface area is 128 Å². The van der Waals surface area contributed by atoms with Gasteiger partial charge in [-0.3, -0.25) is 0 Å². The van der Waals surface area contributed by atoms with Crippen molar-refractivity contribution < 1.29 is 9.47 Å². The van der Waals surface area contributed by atoms with Crippen molar-refractivity contribution in [2.75, 3.05) is 26.9 Å². The average molecular weight is 289 g/mol. The smallest absolute Gasteiger partial charge is 0.0939 e. The van der Waals surface area contributed by atoms with Crippen LogP contribution in [0.1, 0.15) is 37.7 Å². The molecule has 1 aromatic rings.